The molecule has 0 unspecified atom stereocenters. The van der Waals surface area contributed by atoms with Gasteiger partial charge in [0.15, 0.2) is 6.29 Å². The topological polar surface area (TPSA) is 169 Å². The largest absolute Gasteiger partial charge is 0.508 e. The summed E-state index contributed by atoms with van der Waals surface area (Å²) in [5.41, 5.74) is 3.70. The molecule has 0 spiro atoms. The number of nitrogens with one attached hydrogen (secondary N) is 1. The molecule has 44 heavy (non-hydrogen) atoms. The summed E-state index contributed by atoms with van der Waals surface area (Å²) in [5.74, 6) is -0.638. The second kappa shape index (κ2) is 14.4. The zero-order chi connectivity index (χ0) is 31.1. The van der Waals surface area contributed by atoms with Gasteiger partial charge in [0.05, 0.1) is 24.5 Å². The van der Waals surface area contributed by atoms with Gasteiger partial charge in [-0.05, 0) is 64.4 Å². The monoisotopic (exact) mass is 619 g/mol. The van der Waals surface area contributed by atoms with Gasteiger partial charge < -0.3 is 30.1 Å². The van der Waals surface area contributed by atoms with Crippen LogP contribution in [0.2, 0.25) is 0 Å². The molecule has 4 aromatic rings. The quantitative estimate of drug-likeness (QED) is 0.163. The summed E-state index contributed by atoms with van der Waals surface area (Å²) in [5, 5.41) is 43.5. The summed E-state index contributed by atoms with van der Waals surface area (Å²) < 4.78 is 14.6. The molecule has 0 bridgehead atoms. The molecule has 0 aliphatic carbocycles. The minimum Gasteiger partial charge on any atom is -0.508 e. The van der Waals surface area contributed by atoms with E-state index in [1.165, 1.54) is 11.8 Å². The molecule has 1 aromatic heterocycles. The third-order valence-corrected chi connectivity index (χ3v) is 8.28. The van der Waals surface area contributed by atoms with Crippen LogP contribution in [0.3, 0.4) is 0 Å². The number of aromatic hydroxyl groups is 1. The number of phenolic OH excluding ortho intramolecular Hbond substituents is 1. The van der Waals surface area contributed by atoms with E-state index in [4.69, 9.17) is 14.6 Å². The number of nitrogens with zero attached hydrogens (tertiary/aromatic N) is 4. The lowest BCUT2D eigenvalue weighted by molar-refractivity contribution is -0.268. The van der Waals surface area contributed by atoms with Gasteiger partial charge in [-0.25, -0.2) is 0 Å². The van der Waals surface area contributed by atoms with Crippen LogP contribution in [-0.2, 0) is 25.7 Å². The third-order valence-electron chi connectivity index (χ3n) is 7.27. The average Bonchev–Trinajstić information content (AvgIpc) is 3.49. The molecule has 0 radical (unpaired) electrons. The van der Waals surface area contributed by atoms with Crippen LogP contribution in [0, 0.1) is 5.92 Å². The number of phenols is 1. The molecule has 1 aliphatic heterocycles. The van der Waals surface area contributed by atoms with Crippen molar-refractivity contribution in [1.29, 1.82) is 0 Å². The number of tetrazole rings is 1. The number of hydrogen-bond donors (Lipinski definition) is 4. The van der Waals surface area contributed by atoms with Crippen LogP contribution in [0.1, 0.15) is 55.3 Å². The number of aromatic nitrogens is 4. The van der Waals surface area contributed by atoms with Crippen LogP contribution in [-0.4, -0.2) is 59.3 Å². The predicted molar refractivity (Wildman–Crippen MR) is 161 cm³/mol. The molecule has 1 saturated heterocycles. The maximum Gasteiger partial charge on any atom is 0.303 e. The van der Waals surface area contributed by atoms with E-state index in [-0.39, 0.29) is 55.7 Å². The highest BCUT2D eigenvalue weighted by molar-refractivity contribution is 7.99. The molecule has 12 nitrogen and oxygen atoms in total. The Kier molecular flexibility index (Phi) is 10.2. The number of aliphatic hydroxyl groups excluding tert-OH is 1. The van der Waals surface area contributed by atoms with Crippen molar-refractivity contribution in [3.8, 4) is 11.4 Å². The molecule has 5 rings (SSSR count). The Morgan fingerprint density at radius 2 is 1.77 bits per heavy atom. The normalized spacial score (nSPS) is 19.9. The van der Waals surface area contributed by atoms with Crippen molar-refractivity contribution in [2.75, 3.05) is 11.1 Å². The first-order chi connectivity index (χ1) is 21.3. The van der Waals surface area contributed by atoms with E-state index in [1.54, 1.807) is 47.1 Å². The fourth-order valence-electron chi connectivity index (χ4n) is 4.88. The molecule has 0 saturated carbocycles. The Hall–Kier alpha value is -4.30. The molecular formula is C31H33N5O7S. The average molecular weight is 620 g/mol. The summed E-state index contributed by atoms with van der Waals surface area (Å²) in [7, 11) is 0. The van der Waals surface area contributed by atoms with Crippen molar-refractivity contribution in [3.63, 3.8) is 0 Å². The van der Waals surface area contributed by atoms with Crippen LogP contribution < -0.4 is 5.32 Å². The highest BCUT2D eigenvalue weighted by Gasteiger charge is 2.38. The van der Waals surface area contributed by atoms with Gasteiger partial charge >= 0.3 is 5.97 Å². The number of aliphatic carboxylic acids is 1. The maximum atomic E-state index is 12.4. The fraction of sp³-hybridized carbons (Fsp3) is 0.323. The van der Waals surface area contributed by atoms with Crippen LogP contribution in [0.25, 0.3) is 5.69 Å². The summed E-state index contributed by atoms with van der Waals surface area (Å²) in [6.45, 7) is 2.00. The van der Waals surface area contributed by atoms with Gasteiger partial charge in [0, 0.05) is 35.8 Å². The number of carboxylic acid groups (broad SMARTS) is 1. The maximum absolute atomic E-state index is 12.4. The minimum absolute atomic E-state index is 0.0586. The number of ether oxygens (including phenoxy) is 2. The Bertz CT molecular complexity index is 1560. The lowest BCUT2D eigenvalue weighted by Gasteiger charge is -2.41. The Morgan fingerprint density at radius 1 is 1.00 bits per heavy atom. The number of carbonyl (C=O) groups excluding carboxylic acids is 1. The van der Waals surface area contributed by atoms with Gasteiger partial charge in [-0.2, -0.15) is 4.68 Å². The van der Waals surface area contributed by atoms with Crippen LogP contribution in [0.15, 0.2) is 78.0 Å². The summed E-state index contributed by atoms with van der Waals surface area (Å²) in [6.07, 6.45) is -1.11. The Morgan fingerprint density at radius 3 is 2.50 bits per heavy atom. The number of anilines is 1. The number of thioether (sulfide) groups is 1. The molecule has 1 fully saturated rings. The third kappa shape index (κ3) is 7.80. The summed E-state index contributed by atoms with van der Waals surface area (Å²) >= 11 is 1.44. The summed E-state index contributed by atoms with van der Waals surface area (Å²) in [4.78, 5) is 23.2. The number of carboxylic acids is 1. The zero-order valence-corrected chi connectivity index (χ0v) is 24.8. The van der Waals surface area contributed by atoms with Gasteiger partial charge in [0.25, 0.3) is 0 Å². The van der Waals surface area contributed by atoms with Gasteiger partial charge in [-0.15, -0.1) is 5.10 Å². The number of aliphatic hydroxyl groups is 1. The SMILES string of the molecule is C[C@H]1[C@@H](CSc2nnnn2-c2ccc(O)cc2)O[C@@H](c2cccc(NC(=O)CCCC(=O)O)c2)O[C@H]1c1ccc(CO)cc1. The molecule has 1 amide bonds. The Labute approximate surface area is 258 Å². The number of benzene rings is 3. The van der Waals surface area contributed by atoms with Gasteiger partial charge in [0.1, 0.15) is 5.75 Å². The molecule has 3 aromatic carbocycles. The highest BCUT2D eigenvalue weighted by Crippen LogP contribution is 2.43. The smallest absolute Gasteiger partial charge is 0.303 e. The molecule has 4 atom stereocenters. The molecule has 230 valence electrons. The zero-order valence-electron chi connectivity index (χ0n) is 23.9. The second-order valence-corrected chi connectivity index (χ2v) is 11.4. The van der Waals surface area contributed by atoms with E-state index in [9.17, 15) is 19.8 Å². The fourth-order valence-corrected chi connectivity index (χ4v) is 5.93. The summed E-state index contributed by atoms with van der Waals surface area (Å²) in [6, 6.07) is 21.4. The number of hydrogen-bond acceptors (Lipinski definition) is 10. The molecule has 1 aliphatic rings. The molecule has 4 N–H and O–H groups in total. The van der Waals surface area contributed by atoms with Crippen molar-refractivity contribution >= 4 is 29.3 Å². The number of carbonyl (C=O) groups is 2. The first kappa shape index (κ1) is 31.1. The second-order valence-electron chi connectivity index (χ2n) is 10.4. The van der Waals surface area contributed by atoms with Crippen molar-refractivity contribution in [2.24, 2.45) is 5.92 Å². The van der Waals surface area contributed by atoms with Gasteiger partial charge in [-0.1, -0.05) is 55.1 Å². The van der Waals surface area contributed by atoms with Gasteiger partial charge in [0.2, 0.25) is 11.1 Å². The van der Waals surface area contributed by atoms with E-state index in [2.05, 4.69) is 27.8 Å². The van der Waals surface area contributed by atoms with Crippen molar-refractivity contribution in [1.82, 2.24) is 20.2 Å². The first-order valence-corrected chi connectivity index (χ1v) is 15.1. The van der Waals surface area contributed by atoms with E-state index < -0.39 is 12.3 Å². The van der Waals surface area contributed by atoms with Crippen LogP contribution in [0.4, 0.5) is 5.69 Å². The van der Waals surface area contributed by atoms with Crippen molar-refractivity contribution in [2.45, 2.75) is 56.4 Å². The van der Waals surface area contributed by atoms with E-state index >= 15 is 0 Å². The Balaban J connectivity index is 1.35. The van der Waals surface area contributed by atoms with Crippen molar-refractivity contribution in [3.05, 3.63) is 89.5 Å². The standard InChI is InChI=1S/C31H33N5O7S/c1-19-26(18-44-31-33-34-35-36(31)24-12-14-25(38)15-13-24)42-30(43-29(19)21-10-8-20(17-37)9-11-21)22-4-2-5-23(16-22)32-27(39)6-3-7-28(40)41/h2,4-5,8-16,19,26,29-30,37-38H,3,6-7,17-18H2,1H3,(H,32,39)(H,40,41)/t19-,26+,29+,30+/m0/s1. The molecular weight excluding hydrogens is 586 g/mol. The predicted octanol–water partition coefficient (Wildman–Crippen LogP) is 4.64. The molecule has 13 heteroatoms. The van der Waals surface area contributed by atoms with Crippen LogP contribution in [0.5, 0.6) is 5.75 Å². The lowest BCUT2D eigenvalue weighted by atomic mass is 9.91. The molecule has 2 heterocycles. The van der Waals surface area contributed by atoms with Gasteiger partial charge in [-0.3, -0.25) is 9.59 Å². The lowest BCUT2D eigenvalue weighted by Crippen LogP contribution is -2.38. The number of rotatable bonds is 12. The van der Waals surface area contributed by atoms with Crippen LogP contribution >= 0.6 is 11.8 Å². The van der Waals surface area contributed by atoms with Crippen molar-refractivity contribution < 1.29 is 34.4 Å². The number of amides is 1. The highest BCUT2D eigenvalue weighted by atomic mass is 32.2. The van der Waals surface area contributed by atoms with E-state index in [0.717, 1.165) is 11.1 Å². The van der Waals surface area contributed by atoms with E-state index in [0.29, 0.717) is 27.8 Å². The first-order valence-electron chi connectivity index (χ1n) is 14.1. The minimum atomic E-state index is -0.939. The van der Waals surface area contributed by atoms with E-state index in [1.807, 2.05) is 30.3 Å².